The van der Waals surface area contributed by atoms with Crippen LogP contribution in [-0.4, -0.2) is 65.5 Å². The number of nitrogens with zero attached hydrogens (tertiary/aromatic N) is 6. The molecule has 2 fully saturated rings. The van der Waals surface area contributed by atoms with Crippen molar-refractivity contribution in [3.63, 3.8) is 0 Å². The third-order valence-electron chi connectivity index (χ3n) is 6.92. The van der Waals surface area contributed by atoms with Crippen LogP contribution in [0, 0.1) is 6.92 Å². The van der Waals surface area contributed by atoms with Gasteiger partial charge in [0.25, 0.3) is 12.4 Å². The van der Waals surface area contributed by atoms with Crippen molar-refractivity contribution in [3.8, 4) is 0 Å². The molecule has 0 bridgehead atoms. The maximum Gasteiger partial charge on any atom is 0.293 e. The fourth-order valence-corrected chi connectivity index (χ4v) is 4.93. The molecule has 36 heavy (non-hydrogen) atoms. The van der Waals surface area contributed by atoms with E-state index in [1.807, 2.05) is 0 Å². The minimum atomic E-state index is -1.23. The first-order valence-electron chi connectivity index (χ1n) is 12.5. The molecule has 1 aliphatic heterocycles. The van der Waals surface area contributed by atoms with E-state index in [0.29, 0.717) is 34.8 Å². The number of rotatable bonds is 10. The molecule has 194 valence electrons. The third kappa shape index (κ3) is 4.60. The molecule has 3 aromatic rings. The smallest absolute Gasteiger partial charge is 0.293 e. The Morgan fingerprint density at radius 3 is 2.69 bits per heavy atom. The second kappa shape index (κ2) is 10.3. The van der Waals surface area contributed by atoms with Gasteiger partial charge in [-0.05, 0) is 32.6 Å². The first-order valence-corrected chi connectivity index (χ1v) is 12.5. The number of aliphatic hydroxyl groups excluding tert-OH is 1. The summed E-state index contributed by atoms with van der Waals surface area (Å²) in [6, 6.07) is 0.528. The number of aliphatic hydroxyl groups is 1. The molecule has 1 saturated carbocycles. The zero-order chi connectivity index (χ0) is 25.2. The Bertz CT molecular complexity index is 1190. The second-order valence-corrected chi connectivity index (χ2v) is 9.32. The van der Waals surface area contributed by atoms with E-state index in [2.05, 4.69) is 39.6 Å². The first kappa shape index (κ1) is 24.4. The van der Waals surface area contributed by atoms with E-state index < -0.39 is 24.5 Å². The number of imidazole rings is 1. The maximum absolute atomic E-state index is 11.2. The van der Waals surface area contributed by atoms with Crippen molar-refractivity contribution in [2.24, 2.45) is 0 Å². The average Bonchev–Trinajstić information content (AvgIpc) is 3.67. The highest BCUT2D eigenvalue weighted by Gasteiger charge is 2.50. The number of hydrogen-bond donors (Lipinski definition) is 3. The Morgan fingerprint density at radius 2 is 2.03 bits per heavy atom. The number of hydrogen-bond acceptors (Lipinski definition) is 12. The predicted molar refractivity (Wildman–Crippen MR) is 128 cm³/mol. The fourth-order valence-electron chi connectivity index (χ4n) is 4.93. The summed E-state index contributed by atoms with van der Waals surface area (Å²) < 4.78 is 18.2. The summed E-state index contributed by atoms with van der Waals surface area (Å²) >= 11 is 0. The lowest BCUT2D eigenvalue weighted by molar-refractivity contribution is -0.140. The summed E-state index contributed by atoms with van der Waals surface area (Å²) in [4.78, 5) is 29.5. The lowest BCUT2D eigenvalue weighted by atomic mass is 10.1. The fraction of sp³-hybridized carbons (Fsp3) is 0.652. The van der Waals surface area contributed by atoms with Gasteiger partial charge < -0.3 is 29.7 Å². The molecule has 3 aromatic heterocycles. The lowest BCUT2D eigenvalue weighted by Crippen LogP contribution is -2.31. The quantitative estimate of drug-likeness (QED) is 0.349. The second-order valence-electron chi connectivity index (χ2n) is 9.32. The number of carbonyl (C=O) groups excluding carboxylic acids is 1. The normalized spacial score (nSPS) is 24.6. The van der Waals surface area contributed by atoms with Crippen LogP contribution in [0.5, 0.6) is 0 Å². The van der Waals surface area contributed by atoms with Crippen LogP contribution in [0.15, 0.2) is 10.9 Å². The summed E-state index contributed by atoms with van der Waals surface area (Å²) in [5, 5.41) is 21.9. The van der Waals surface area contributed by atoms with Gasteiger partial charge in [0.1, 0.15) is 6.10 Å². The van der Waals surface area contributed by atoms with Crippen LogP contribution in [0.1, 0.15) is 76.4 Å². The van der Waals surface area contributed by atoms with Crippen LogP contribution in [0.4, 0.5) is 11.8 Å². The van der Waals surface area contributed by atoms with Crippen LogP contribution in [0.3, 0.4) is 0 Å². The van der Waals surface area contributed by atoms with E-state index in [9.17, 15) is 9.90 Å². The Labute approximate surface area is 208 Å². The van der Waals surface area contributed by atoms with E-state index in [-0.39, 0.29) is 18.4 Å². The number of carbonyl (C=O) groups is 1. The van der Waals surface area contributed by atoms with Crippen LogP contribution >= 0.6 is 0 Å². The van der Waals surface area contributed by atoms with Gasteiger partial charge in [0, 0.05) is 12.1 Å². The van der Waals surface area contributed by atoms with E-state index in [4.69, 9.17) is 24.0 Å². The average molecular weight is 501 g/mol. The Morgan fingerprint density at radius 1 is 1.25 bits per heavy atom. The van der Waals surface area contributed by atoms with Crippen LogP contribution in [0.25, 0.3) is 11.2 Å². The van der Waals surface area contributed by atoms with Crippen molar-refractivity contribution in [3.05, 3.63) is 18.0 Å². The van der Waals surface area contributed by atoms with Gasteiger partial charge in [0.15, 0.2) is 41.2 Å². The standard InChI is InChI=1S/C23H32N8O5/c1-4-13(5-2)26-19-15-20(29-23(28-19)27-14-8-6-7-9-14)31(10-24-15)22-16(33)17(34-11-32)18(35-22)21-25-12(3)30-36-21/h10-11,13-14,16-18,22,33H,4-9H2,1-3H3,(H2,26,27,28,29)/t16-,17+,18+,22-/m1/s1. The van der Waals surface area contributed by atoms with E-state index in [1.54, 1.807) is 17.8 Å². The summed E-state index contributed by atoms with van der Waals surface area (Å²) in [5.74, 6) is 1.61. The lowest BCUT2D eigenvalue weighted by Gasteiger charge is -2.20. The van der Waals surface area contributed by atoms with Crippen molar-refractivity contribution >= 4 is 29.4 Å². The molecule has 4 atom stereocenters. The molecule has 2 aliphatic rings. The zero-order valence-electron chi connectivity index (χ0n) is 20.6. The Kier molecular flexibility index (Phi) is 7.01. The van der Waals surface area contributed by atoms with Crippen LogP contribution < -0.4 is 10.6 Å². The molecule has 3 N–H and O–H groups in total. The minimum Gasteiger partial charge on any atom is -0.458 e. The molecule has 0 radical (unpaired) electrons. The predicted octanol–water partition coefficient (Wildman–Crippen LogP) is 2.65. The largest absolute Gasteiger partial charge is 0.458 e. The highest BCUT2D eigenvalue weighted by atomic mass is 16.6. The van der Waals surface area contributed by atoms with Gasteiger partial charge in [0.2, 0.25) is 5.95 Å². The monoisotopic (exact) mass is 500 g/mol. The van der Waals surface area contributed by atoms with Gasteiger partial charge in [-0.15, -0.1) is 0 Å². The summed E-state index contributed by atoms with van der Waals surface area (Å²) in [6.45, 7) is 6.17. The molecule has 0 amide bonds. The van der Waals surface area contributed by atoms with E-state index >= 15 is 0 Å². The molecule has 0 aromatic carbocycles. The summed E-state index contributed by atoms with van der Waals surface area (Å²) in [6.07, 6.45) is 3.67. The van der Waals surface area contributed by atoms with Crippen LogP contribution in [-0.2, 0) is 14.3 Å². The van der Waals surface area contributed by atoms with Crippen molar-refractivity contribution in [2.45, 2.75) is 95.9 Å². The van der Waals surface area contributed by atoms with E-state index in [1.165, 1.54) is 12.8 Å². The maximum atomic E-state index is 11.2. The molecule has 13 heteroatoms. The molecule has 5 rings (SSSR count). The highest BCUT2D eigenvalue weighted by Crippen LogP contribution is 2.41. The van der Waals surface area contributed by atoms with Gasteiger partial charge in [-0.25, -0.2) is 4.98 Å². The molecule has 4 heterocycles. The SMILES string of the molecule is CCC(CC)Nc1nc(NC2CCCC2)nc2c1ncn2[C@@H]1O[C@H](c2nc(C)no2)[C@@H](OC=O)[C@H]1O. The number of aryl methyl sites for hydroxylation is 1. The first-order chi connectivity index (χ1) is 17.5. The Balaban J connectivity index is 1.53. The number of anilines is 2. The molecular weight excluding hydrogens is 468 g/mol. The van der Waals surface area contributed by atoms with Crippen molar-refractivity contribution in [1.82, 2.24) is 29.7 Å². The minimum absolute atomic E-state index is 0.111. The van der Waals surface area contributed by atoms with Gasteiger partial charge >= 0.3 is 0 Å². The number of nitrogens with one attached hydrogen (secondary N) is 2. The molecule has 0 spiro atoms. The van der Waals surface area contributed by atoms with Gasteiger partial charge in [0.05, 0.1) is 6.33 Å². The molecule has 1 saturated heterocycles. The number of fused-ring (bicyclic) bond motifs is 1. The van der Waals surface area contributed by atoms with Crippen molar-refractivity contribution in [2.75, 3.05) is 10.6 Å². The zero-order valence-corrected chi connectivity index (χ0v) is 20.6. The van der Waals surface area contributed by atoms with E-state index in [0.717, 1.165) is 25.7 Å². The molecule has 1 aliphatic carbocycles. The molecule has 13 nitrogen and oxygen atoms in total. The number of ether oxygens (including phenoxy) is 2. The molecular formula is C23H32N8O5. The topological polar surface area (TPSA) is 162 Å². The van der Waals surface area contributed by atoms with Gasteiger partial charge in [-0.1, -0.05) is 31.8 Å². The molecule has 0 unspecified atom stereocenters. The number of aromatic nitrogens is 6. The Hall–Kier alpha value is -3.32. The summed E-state index contributed by atoms with van der Waals surface area (Å²) in [7, 11) is 0. The van der Waals surface area contributed by atoms with Gasteiger partial charge in [-0.2, -0.15) is 15.0 Å². The van der Waals surface area contributed by atoms with Gasteiger partial charge in [-0.3, -0.25) is 9.36 Å². The highest BCUT2D eigenvalue weighted by molar-refractivity contribution is 5.84. The van der Waals surface area contributed by atoms with Crippen molar-refractivity contribution < 1.29 is 23.9 Å². The third-order valence-corrected chi connectivity index (χ3v) is 6.92. The van der Waals surface area contributed by atoms with Crippen molar-refractivity contribution in [1.29, 1.82) is 0 Å². The summed E-state index contributed by atoms with van der Waals surface area (Å²) in [5.41, 5.74) is 1.04. The van der Waals surface area contributed by atoms with Crippen LogP contribution in [0.2, 0.25) is 0 Å².